The number of hydrogen-bond donors (Lipinski definition) is 1. The third-order valence-corrected chi connectivity index (χ3v) is 3.01. The Bertz CT molecular complexity index is 410. The van der Waals surface area contributed by atoms with E-state index in [1.807, 2.05) is 10.7 Å². The Morgan fingerprint density at radius 1 is 1.60 bits per heavy atom. The number of rotatable bonds is 4. The smallest absolute Gasteiger partial charge is 0.131 e. The van der Waals surface area contributed by atoms with Gasteiger partial charge < -0.3 is 5.11 Å². The Labute approximate surface area is 92.2 Å². The van der Waals surface area contributed by atoms with Crippen LogP contribution >= 0.6 is 11.3 Å². The minimum absolute atomic E-state index is 0.605. The third kappa shape index (κ3) is 2.08. The molecule has 2 aromatic rings. The van der Waals surface area contributed by atoms with E-state index in [1.54, 1.807) is 17.9 Å². The van der Waals surface area contributed by atoms with Gasteiger partial charge in [-0.3, -0.25) is 9.67 Å². The van der Waals surface area contributed by atoms with E-state index in [0.717, 1.165) is 23.5 Å². The Kier molecular flexibility index (Phi) is 3.13. The van der Waals surface area contributed by atoms with E-state index >= 15 is 0 Å². The highest BCUT2D eigenvalue weighted by atomic mass is 32.1. The largest absolute Gasteiger partial charge is 0.381 e. The lowest BCUT2D eigenvalue weighted by atomic mass is 10.2. The molecular weight excluding hydrogens is 210 g/mol. The van der Waals surface area contributed by atoms with Crippen LogP contribution in [0.3, 0.4) is 0 Å². The second-order valence-electron chi connectivity index (χ2n) is 3.29. The van der Waals surface area contributed by atoms with Gasteiger partial charge in [0.1, 0.15) is 6.10 Å². The van der Waals surface area contributed by atoms with Gasteiger partial charge in [0.15, 0.2) is 0 Å². The van der Waals surface area contributed by atoms with Crippen molar-refractivity contribution in [3.8, 4) is 0 Å². The third-order valence-electron chi connectivity index (χ3n) is 2.19. The van der Waals surface area contributed by atoms with Crippen LogP contribution in [0.4, 0.5) is 0 Å². The van der Waals surface area contributed by atoms with Gasteiger partial charge in [0.25, 0.3) is 0 Å². The van der Waals surface area contributed by atoms with E-state index < -0.39 is 6.10 Å². The van der Waals surface area contributed by atoms with Gasteiger partial charge in [0, 0.05) is 18.9 Å². The molecule has 0 amide bonds. The second-order valence-corrected chi connectivity index (χ2v) is 4.20. The second kappa shape index (κ2) is 4.55. The topological polar surface area (TPSA) is 50.9 Å². The van der Waals surface area contributed by atoms with Crippen molar-refractivity contribution in [2.24, 2.45) is 0 Å². The summed E-state index contributed by atoms with van der Waals surface area (Å²) >= 11 is 1.45. The van der Waals surface area contributed by atoms with E-state index in [0.29, 0.717) is 0 Å². The highest BCUT2D eigenvalue weighted by molar-refractivity contribution is 7.09. The lowest BCUT2D eigenvalue weighted by Crippen LogP contribution is -2.09. The molecule has 1 unspecified atom stereocenters. The summed E-state index contributed by atoms with van der Waals surface area (Å²) in [6.07, 6.45) is 3.81. The van der Waals surface area contributed by atoms with E-state index in [9.17, 15) is 5.11 Å². The lowest BCUT2D eigenvalue weighted by molar-refractivity contribution is 0.211. The standard InChI is InChI=1S/C10H13N3OS/c1-2-5-13-8(3-4-12-13)10(14)9-6-11-7-15-9/h3-4,6-7,10,14H,2,5H2,1H3. The van der Waals surface area contributed by atoms with Crippen LogP contribution in [0.2, 0.25) is 0 Å². The molecule has 4 nitrogen and oxygen atoms in total. The quantitative estimate of drug-likeness (QED) is 0.860. The normalized spacial score (nSPS) is 12.9. The zero-order chi connectivity index (χ0) is 10.7. The maximum Gasteiger partial charge on any atom is 0.131 e. The van der Waals surface area contributed by atoms with Gasteiger partial charge in [-0.25, -0.2) is 0 Å². The highest BCUT2D eigenvalue weighted by Crippen LogP contribution is 2.24. The predicted octanol–water partition coefficient (Wildman–Crippen LogP) is 1.83. The van der Waals surface area contributed by atoms with Gasteiger partial charge in [0.2, 0.25) is 0 Å². The molecule has 2 heterocycles. The first-order valence-corrected chi connectivity index (χ1v) is 5.79. The molecule has 1 atom stereocenters. The molecule has 0 radical (unpaired) electrons. The number of aliphatic hydroxyl groups excluding tert-OH is 1. The van der Waals surface area contributed by atoms with Crippen molar-refractivity contribution >= 4 is 11.3 Å². The molecule has 80 valence electrons. The van der Waals surface area contributed by atoms with Crippen molar-refractivity contribution in [1.29, 1.82) is 0 Å². The molecule has 0 bridgehead atoms. The van der Waals surface area contributed by atoms with Crippen LogP contribution in [0.15, 0.2) is 24.0 Å². The van der Waals surface area contributed by atoms with Crippen molar-refractivity contribution < 1.29 is 5.11 Å². The molecule has 0 saturated heterocycles. The summed E-state index contributed by atoms with van der Waals surface area (Å²) in [6, 6.07) is 1.85. The van der Waals surface area contributed by atoms with Gasteiger partial charge in [-0.1, -0.05) is 6.92 Å². The van der Waals surface area contributed by atoms with E-state index in [4.69, 9.17) is 0 Å². The highest BCUT2D eigenvalue weighted by Gasteiger charge is 2.16. The monoisotopic (exact) mass is 223 g/mol. The lowest BCUT2D eigenvalue weighted by Gasteiger charge is -2.10. The van der Waals surface area contributed by atoms with Crippen molar-refractivity contribution in [1.82, 2.24) is 14.8 Å². The van der Waals surface area contributed by atoms with Crippen LogP contribution in [-0.2, 0) is 6.54 Å². The predicted molar refractivity (Wildman–Crippen MR) is 58.7 cm³/mol. The number of thiazole rings is 1. The first-order valence-electron chi connectivity index (χ1n) is 4.91. The van der Waals surface area contributed by atoms with Gasteiger partial charge in [-0.2, -0.15) is 5.10 Å². The molecular formula is C10H13N3OS. The van der Waals surface area contributed by atoms with Crippen LogP contribution in [0, 0.1) is 0 Å². The number of aromatic nitrogens is 3. The Morgan fingerprint density at radius 3 is 3.13 bits per heavy atom. The van der Waals surface area contributed by atoms with Gasteiger partial charge >= 0.3 is 0 Å². The average Bonchev–Trinajstić information content (AvgIpc) is 2.87. The minimum Gasteiger partial charge on any atom is -0.381 e. The number of hydrogen-bond acceptors (Lipinski definition) is 4. The summed E-state index contributed by atoms with van der Waals surface area (Å²) in [6.45, 7) is 2.92. The number of nitrogens with zero attached hydrogens (tertiary/aromatic N) is 3. The molecule has 0 aliphatic rings. The summed E-state index contributed by atoms with van der Waals surface area (Å²) < 4.78 is 1.84. The van der Waals surface area contributed by atoms with Crippen molar-refractivity contribution in [3.63, 3.8) is 0 Å². The molecule has 0 fully saturated rings. The zero-order valence-corrected chi connectivity index (χ0v) is 9.31. The summed E-state index contributed by atoms with van der Waals surface area (Å²) in [4.78, 5) is 4.81. The number of aryl methyl sites for hydroxylation is 1. The van der Waals surface area contributed by atoms with Gasteiger partial charge in [0.05, 0.1) is 16.1 Å². The Hall–Kier alpha value is -1.20. The maximum absolute atomic E-state index is 10.1. The summed E-state index contributed by atoms with van der Waals surface area (Å²) in [5, 5.41) is 14.3. The summed E-state index contributed by atoms with van der Waals surface area (Å²) in [5.41, 5.74) is 2.56. The first-order chi connectivity index (χ1) is 7.33. The van der Waals surface area contributed by atoms with Crippen LogP contribution in [0.1, 0.15) is 30.0 Å². The first kappa shape index (κ1) is 10.3. The molecule has 5 heteroatoms. The molecule has 0 spiro atoms. The van der Waals surface area contributed by atoms with Gasteiger partial charge in [-0.15, -0.1) is 11.3 Å². The summed E-state index contributed by atoms with van der Waals surface area (Å²) in [5.74, 6) is 0. The Morgan fingerprint density at radius 2 is 2.47 bits per heavy atom. The molecule has 0 aliphatic carbocycles. The van der Waals surface area contributed by atoms with Crippen molar-refractivity contribution in [2.75, 3.05) is 0 Å². The SMILES string of the molecule is CCCn1nccc1C(O)c1cncs1. The fraction of sp³-hybridized carbons (Fsp3) is 0.400. The van der Waals surface area contributed by atoms with E-state index in [1.165, 1.54) is 11.3 Å². The fourth-order valence-corrected chi connectivity index (χ4v) is 2.10. The summed E-state index contributed by atoms with van der Waals surface area (Å²) in [7, 11) is 0. The fourth-order valence-electron chi connectivity index (χ4n) is 1.48. The van der Waals surface area contributed by atoms with E-state index in [2.05, 4.69) is 17.0 Å². The van der Waals surface area contributed by atoms with Crippen LogP contribution < -0.4 is 0 Å². The average molecular weight is 223 g/mol. The van der Waals surface area contributed by atoms with Crippen molar-refractivity contribution in [3.05, 3.63) is 34.5 Å². The van der Waals surface area contributed by atoms with Gasteiger partial charge in [-0.05, 0) is 12.5 Å². The molecule has 2 rings (SSSR count). The van der Waals surface area contributed by atoms with Crippen molar-refractivity contribution in [2.45, 2.75) is 26.0 Å². The molecule has 0 aromatic carbocycles. The number of aliphatic hydroxyl groups is 1. The van der Waals surface area contributed by atoms with Crippen LogP contribution in [0.5, 0.6) is 0 Å². The zero-order valence-electron chi connectivity index (χ0n) is 8.50. The minimum atomic E-state index is -0.605. The molecule has 0 saturated carbocycles. The van der Waals surface area contributed by atoms with E-state index in [-0.39, 0.29) is 0 Å². The maximum atomic E-state index is 10.1. The van der Waals surface area contributed by atoms with Crippen LogP contribution in [-0.4, -0.2) is 19.9 Å². The molecule has 15 heavy (non-hydrogen) atoms. The molecule has 2 aromatic heterocycles. The molecule has 0 aliphatic heterocycles. The molecule has 1 N–H and O–H groups in total. The van der Waals surface area contributed by atoms with Crippen LogP contribution in [0.25, 0.3) is 0 Å². The Balaban J connectivity index is 2.25.